The number of hydrogen-bond donors (Lipinski definition) is 1. The number of aryl methyl sites for hydroxylation is 2. The van der Waals surface area contributed by atoms with Crippen molar-refractivity contribution in [3.05, 3.63) is 35.7 Å². The van der Waals surface area contributed by atoms with E-state index in [1.54, 1.807) is 6.07 Å². The molecule has 0 radical (unpaired) electrons. The number of carbonyl (C=O) groups excluding carboxylic acids is 1. The molecule has 1 N–H and O–H groups in total. The van der Waals surface area contributed by atoms with Gasteiger partial charge in [-0.3, -0.25) is 9.48 Å². The quantitative estimate of drug-likeness (QED) is 0.942. The van der Waals surface area contributed by atoms with Crippen LogP contribution in [0.1, 0.15) is 30.8 Å². The Balaban J connectivity index is 1.64. The highest BCUT2D eigenvalue weighted by Crippen LogP contribution is 2.32. The van der Waals surface area contributed by atoms with Gasteiger partial charge in [-0.15, -0.1) is 0 Å². The Morgan fingerprint density at radius 3 is 2.70 bits per heavy atom. The smallest absolute Gasteiger partial charge is 0.226 e. The van der Waals surface area contributed by atoms with E-state index >= 15 is 0 Å². The van der Waals surface area contributed by atoms with Crippen molar-refractivity contribution < 1.29 is 14.3 Å². The molecule has 0 saturated heterocycles. The fourth-order valence-electron chi connectivity index (χ4n) is 2.78. The molecule has 122 valence electrons. The summed E-state index contributed by atoms with van der Waals surface area (Å²) >= 11 is 0. The number of nitrogens with zero attached hydrogens (tertiary/aromatic N) is 2. The molecule has 0 fully saturated rings. The molecule has 1 aromatic heterocycles. The van der Waals surface area contributed by atoms with Crippen LogP contribution in [0, 0.1) is 13.8 Å². The number of nitrogens with one attached hydrogen (secondary N) is 1. The topological polar surface area (TPSA) is 65.4 Å². The second-order valence-electron chi connectivity index (χ2n) is 5.83. The van der Waals surface area contributed by atoms with Gasteiger partial charge >= 0.3 is 0 Å². The number of carbonyl (C=O) groups is 1. The van der Waals surface area contributed by atoms with Crippen LogP contribution in [0.25, 0.3) is 0 Å². The Labute approximate surface area is 135 Å². The van der Waals surface area contributed by atoms with Gasteiger partial charge in [0.15, 0.2) is 11.5 Å². The molecule has 3 rings (SSSR count). The van der Waals surface area contributed by atoms with Crippen molar-refractivity contribution in [1.82, 2.24) is 9.78 Å². The van der Waals surface area contributed by atoms with E-state index in [4.69, 9.17) is 9.47 Å². The number of fused-ring (bicyclic) bond motifs is 1. The third kappa shape index (κ3) is 3.47. The Hall–Kier alpha value is -2.50. The lowest BCUT2D eigenvalue weighted by Gasteiger charge is -2.19. The molecule has 0 bridgehead atoms. The Bertz CT molecular complexity index is 724. The predicted molar refractivity (Wildman–Crippen MR) is 87.1 cm³/mol. The number of amides is 1. The average molecular weight is 315 g/mol. The van der Waals surface area contributed by atoms with Crippen LogP contribution in [0.2, 0.25) is 0 Å². The lowest BCUT2D eigenvalue weighted by atomic mass is 10.2. The molecule has 2 aromatic rings. The molecule has 6 nitrogen and oxygen atoms in total. The summed E-state index contributed by atoms with van der Waals surface area (Å²) in [6.45, 7) is 7.02. The van der Waals surface area contributed by atoms with E-state index in [2.05, 4.69) is 10.4 Å². The number of anilines is 1. The summed E-state index contributed by atoms with van der Waals surface area (Å²) in [5, 5.41) is 7.33. The maximum Gasteiger partial charge on any atom is 0.226 e. The van der Waals surface area contributed by atoms with Gasteiger partial charge in [0.05, 0.1) is 11.7 Å². The van der Waals surface area contributed by atoms with Gasteiger partial charge in [-0.25, -0.2) is 0 Å². The minimum absolute atomic E-state index is 0.000843. The van der Waals surface area contributed by atoms with Crippen molar-refractivity contribution in [2.45, 2.75) is 33.2 Å². The standard InChI is InChI=1S/C17H21N3O3/c1-11-8-12(2)20(19-11)13(3)9-17(21)18-14-4-5-15-16(10-14)23-7-6-22-15/h4-5,8,10,13H,6-7,9H2,1-3H3,(H,18,21)/t13-/m0/s1. The summed E-state index contributed by atoms with van der Waals surface area (Å²) in [6.07, 6.45) is 0.358. The average Bonchev–Trinajstić information content (AvgIpc) is 2.85. The lowest BCUT2D eigenvalue weighted by Crippen LogP contribution is -2.19. The zero-order valence-corrected chi connectivity index (χ0v) is 13.6. The lowest BCUT2D eigenvalue weighted by molar-refractivity contribution is -0.116. The first-order valence-electron chi connectivity index (χ1n) is 7.75. The Morgan fingerprint density at radius 2 is 2.00 bits per heavy atom. The summed E-state index contributed by atoms with van der Waals surface area (Å²) < 4.78 is 12.9. The number of rotatable bonds is 4. The molecular weight excluding hydrogens is 294 g/mol. The van der Waals surface area contributed by atoms with Gasteiger partial charge in [-0.1, -0.05) is 0 Å². The molecular formula is C17H21N3O3. The highest BCUT2D eigenvalue weighted by atomic mass is 16.6. The Kier molecular flexibility index (Phi) is 4.23. The maximum absolute atomic E-state index is 12.3. The van der Waals surface area contributed by atoms with Crippen molar-refractivity contribution in [1.29, 1.82) is 0 Å². The van der Waals surface area contributed by atoms with Gasteiger partial charge in [0.1, 0.15) is 13.2 Å². The normalized spacial score (nSPS) is 14.4. The highest BCUT2D eigenvalue weighted by Gasteiger charge is 2.16. The third-order valence-electron chi connectivity index (χ3n) is 3.77. The first-order valence-corrected chi connectivity index (χ1v) is 7.75. The van der Waals surface area contributed by atoms with Crippen molar-refractivity contribution >= 4 is 11.6 Å². The fourth-order valence-corrected chi connectivity index (χ4v) is 2.78. The first-order chi connectivity index (χ1) is 11.0. The van der Waals surface area contributed by atoms with Crippen LogP contribution in [-0.2, 0) is 4.79 Å². The van der Waals surface area contributed by atoms with Crippen molar-refractivity contribution in [2.24, 2.45) is 0 Å². The molecule has 6 heteroatoms. The van der Waals surface area contributed by atoms with E-state index in [1.165, 1.54) is 0 Å². The summed E-state index contributed by atoms with van der Waals surface area (Å²) in [5.74, 6) is 1.33. The third-order valence-corrected chi connectivity index (χ3v) is 3.77. The summed E-state index contributed by atoms with van der Waals surface area (Å²) in [7, 11) is 0. The molecule has 1 atom stereocenters. The van der Waals surface area contributed by atoms with Crippen LogP contribution in [0.5, 0.6) is 11.5 Å². The van der Waals surface area contributed by atoms with Gasteiger partial charge in [0.2, 0.25) is 5.91 Å². The van der Waals surface area contributed by atoms with Gasteiger partial charge in [0, 0.05) is 23.9 Å². The van der Waals surface area contributed by atoms with E-state index in [9.17, 15) is 4.79 Å². The monoisotopic (exact) mass is 315 g/mol. The maximum atomic E-state index is 12.3. The van der Waals surface area contributed by atoms with Crippen molar-refractivity contribution in [3.8, 4) is 11.5 Å². The first kappa shape index (κ1) is 15.4. The number of ether oxygens (including phenoxy) is 2. The van der Waals surface area contributed by atoms with E-state index in [-0.39, 0.29) is 11.9 Å². The molecule has 0 unspecified atom stereocenters. The molecule has 1 aromatic carbocycles. The van der Waals surface area contributed by atoms with Crippen molar-refractivity contribution in [3.63, 3.8) is 0 Å². The molecule has 1 aliphatic rings. The minimum Gasteiger partial charge on any atom is -0.486 e. The van der Waals surface area contributed by atoms with Gasteiger partial charge in [-0.2, -0.15) is 5.10 Å². The molecule has 1 amide bonds. The van der Waals surface area contributed by atoms with E-state index in [1.807, 2.05) is 43.7 Å². The fraction of sp³-hybridized carbons (Fsp3) is 0.412. The zero-order valence-electron chi connectivity index (χ0n) is 13.6. The van der Waals surface area contributed by atoms with Crippen LogP contribution in [0.3, 0.4) is 0 Å². The van der Waals surface area contributed by atoms with Crippen LogP contribution < -0.4 is 14.8 Å². The molecule has 2 heterocycles. The molecule has 0 aliphatic carbocycles. The summed E-state index contributed by atoms with van der Waals surface area (Å²) in [5.41, 5.74) is 2.73. The minimum atomic E-state index is -0.0540. The van der Waals surface area contributed by atoms with Crippen molar-refractivity contribution in [2.75, 3.05) is 18.5 Å². The van der Waals surface area contributed by atoms with Crippen LogP contribution >= 0.6 is 0 Å². The van der Waals surface area contributed by atoms with Gasteiger partial charge < -0.3 is 14.8 Å². The number of benzene rings is 1. The van der Waals surface area contributed by atoms with Crippen LogP contribution in [0.4, 0.5) is 5.69 Å². The SMILES string of the molecule is Cc1cc(C)n([C@@H](C)CC(=O)Nc2ccc3c(c2)OCCO3)n1. The zero-order chi connectivity index (χ0) is 16.4. The highest BCUT2D eigenvalue weighted by molar-refractivity contribution is 5.91. The van der Waals surface area contributed by atoms with E-state index < -0.39 is 0 Å². The Morgan fingerprint density at radius 1 is 1.26 bits per heavy atom. The molecule has 0 spiro atoms. The van der Waals surface area contributed by atoms with Crippen LogP contribution in [0.15, 0.2) is 24.3 Å². The van der Waals surface area contributed by atoms with Gasteiger partial charge in [0.25, 0.3) is 0 Å². The number of hydrogen-bond acceptors (Lipinski definition) is 4. The second-order valence-corrected chi connectivity index (χ2v) is 5.83. The summed E-state index contributed by atoms with van der Waals surface area (Å²) in [6, 6.07) is 7.43. The number of aromatic nitrogens is 2. The summed E-state index contributed by atoms with van der Waals surface area (Å²) in [4.78, 5) is 12.3. The largest absolute Gasteiger partial charge is 0.486 e. The molecule has 0 saturated carbocycles. The second kappa shape index (κ2) is 6.32. The molecule has 1 aliphatic heterocycles. The van der Waals surface area contributed by atoms with Gasteiger partial charge in [-0.05, 0) is 39.0 Å². The predicted octanol–water partition coefficient (Wildman–Crippen LogP) is 2.86. The van der Waals surface area contributed by atoms with Crippen LogP contribution in [-0.4, -0.2) is 28.9 Å². The van der Waals surface area contributed by atoms with E-state index in [0.717, 1.165) is 11.4 Å². The molecule has 23 heavy (non-hydrogen) atoms. The van der Waals surface area contributed by atoms with E-state index in [0.29, 0.717) is 36.8 Å².